The molecule has 0 aliphatic carbocycles. The van der Waals surface area contributed by atoms with Gasteiger partial charge in [-0.05, 0) is 67.4 Å². The topological polar surface area (TPSA) is 74.8 Å². The van der Waals surface area contributed by atoms with Crippen LogP contribution < -0.4 is 9.64 Å². The highest BCUT2D eigenvalue weighted by Gasteiger charge is 2.12. The Hall–Kier alpha value is -3.17. The molecule has 2 aromatic heterocycles. The van der Waals surface area contributed by atoms with Gasteiger partial charge in [0.25, 0.3) is 0 Å². The molecule has 5 rings (SSSR count). The molecule has 1 fully saturated rings. The minimum absolute atomic E-state index is 0.642. The summed E-state index contributed by atoms with van der Waals surface area (Å²) in [5.74, 6) is 0.795. The van der Waals surface area contributed by atoms with E-state index in [1.807, 2.05) is 42.5 Å². The maximum absolute atomic E-state index is 5.15. The molecule has 31 heavy (non-hydrogen) atoms. The number of thiazole rings is 1. The van der Waals surface area contributed by atoms with E-state index in [2.05, 4.69) is 42.5 Å². The summed E-state index contributed by atoms with van der Waals surface area (Å²) in [5.41, 5.74) is 2.86. The van der Waals surface area contributed by atoms with E-state index in [1.165, 1.54) is 41.2 Å². The molecule has 0 atom stereocenters. The first-order chi connectivity index (χ1) is 15.3. The van der Waals surface area contributed by atoms with Crippen molar-refractivity contribution in [3.05, 3.63) is 54.6 Å². The lowest BCUT2D eigenvalue weighted by molar-refractivity contribution is 0.415. The number of azo groups is 2. The molecule has 3 heterocycles. The van der Waals surface area contributed by atoms with E-state index in [-0.39, 0.29) is 0 Å². The van der Waals surface area contributed by atoms with Crippen molar-refractivity contribution in [1.82, 2.24) is 4.98 Å². The zero-order valence-corrected chi connectivity index (χ0v) is 18.6. The fourth-order valence-electron chi connectivity index (χ4n) is 3.37. The number of anilines is 1. The standard InChI is InChI=1S/C22H20N6OS2/c1-29-18-10-6-16(7-11-18)24-26-20-14-19-21(31-20)23-22(30-19)27-25-15-4-8-17(9-5-15)28-12-2-3-13-28/h4-11,14H,2-3,12-13H2,1H3. The molecule has 9 heteroatoms. The van der Waals surface area contributed by atoms with Crippen molar-refractivity contribution in [3.8, 4) is 5.75 Å². The van der Waals surface area contributed by atoms with Crippen LogP contribution in [0.5, 0.6) is 5.75 Å². The van der Waals surface area contributed by atoms with Crippen LogP contribution in [0.2, 0.25) is 0 Å². The second kappa shape index (κ2) is 8.91. The first-order valence-electron chi connectivity index (χ1n) is 10.00. The second-order valence-corrected chi connectivity index (χ2v) is 9.08. The molecule has 0 N–H and O–H groups in total. The summed E-state index contributed by atoms with van der Waals surface area (Å²) in [4.78, 5) is 7.85. The Morgan fingerprint density at radius 2 is 1.52 bits per heavy atom. The van der Waals surface area contributed by atoms with Gasteiger partial charge in [-0.15, -0.1) is 20.5 Å². The van der Waals surface area contributed by atoms with Crippen LogP contribution in [-0.2, 0) is 0 Å². The van der Waals surface area contributed by atoms with Gasteiger partial charge >= 0.3 is 0 Å². The third-order valence-electron chi connectivity index (χ3n) is 4.97. The first-order valence-corrected chi connectivity index (χ1v) is 11.6. The number of hydrogen-bond donors (Lipinski definition) is 0. The fraction of sp³-hybridized carbons (Fsp3) is 0.227. The number of thiophene rings is 1. The minimum Gasteiger partial charge on any atom is -0.497 e. The molecule has 0 saturated carbocycles. The molecule has 4 aromatic rings. The SMILES string of the molecule is COc1ccc(N=Nc2cc3sc(N=Nc4ccc(N5CCCC5)cc4)nc3s2)cc1. The van der Waals surface area contributed by atoms with Gasteiger partial charge in [0.1, 0.15) is 15.6 Å². The monoisotopic (exact) mass is 448 g/mol. The summed E-state index contributed by atoms with van der Waals surface area (Å²) in [6.45, 7) is 2.27. The van der Waals surface area contributed by atoms with Gasteiger partial charge in [-0.25, -0.2) is 4.98 Å². The summed E-state index contributed by atoms with van der Waals surface area (Å²) in [6, 6.07) is 17.7. The third-order valence-corrected chi connectivity index (χ3v) is 6.90. The van der Waals surface area contributed by atoms with Gasteiger partial charge in [0, 0.05) is 18.8 Å². The van der Waals surface area contributed by atoms with E-state index in [0.717, 1.165) is 44.7 Å². The van der Waals surface area contributed by atoms with Crippen molar-refractivity contribution in [2.45, 2.75) is 12.8 Å². The van der Waals surface area contributed by atoms with Gasteiger partial charge < -0.3 is 9.64 Å². The first kappa shape index (κ1) is 19.8. The largest absolute Gasteiger partial charge is 0.497 e. The lowest BCUT2D eigenvalue weighted by atomic mass is 10.2. The van der Waals surface area contributed by atoms with Crippen LogP contribution in [0.4, 0.5) is 27.2 Å². The number of nitrogens with zero attached hydrogens (tertiary/aromatic N) is 6. The van der Waals surface area contributed by atoms with Crippen LogP contribution in [0.3, 0.4) is 0 Å². The maximum Gasteiger partial charge on any atom is 0.231 e. The summed E-state index contributed by atoms with van der Waals surface area (Å²) in [7, 11) is 1.64. The highest BCUT2D eigenvalue weighted by atomic mass is 32.1. The molecule has 0 spiro atoms. The van der Waals surface area contributed by atoms with Crippen LogP contribution in [0, 0.1) is 0 Å². The van der Waals surface area contributed by atoms with Crippen LogP contribution in [0.15, 0.2) is 75.1 Å². The van der Waals surface area contributed by atoms with Gasteiger partial charge in [0.15, 0.2) is 0 Å². The molecule has 1 saturated heterocycles. The number of rotatable bonds is 6. The molecule has 0 bridgehead atoms. The van der Waals surface area contributed by atoms with Gasteiger partial charge in [-0.2, -0.15) is 0 Å². The number of hydrogen-bond acceptors (Lipinski definition) is 9. The average molecular weight is 449 g/mol. The Bertz CT molecular complexity index is 1190. The average Bonchev–Trinajstić information content (AvgIpc) is 3.54. The Morgan fingerprint density at radius 1 is 0.839 bits per heavy atom. The fourth-order valence-corrected chi connectivity index (χ4v) is 5.22. The van der Waals surface area contributed by atoms with E-state index < -0.39 is 0 Å². The van der Waals surface area contributed by atoms with Crippen molar-refractivity contribution >= 4 is 59.4 Å². The highest BCUT2D eigenvalue weighted by Crippen LogP contribution is 2.39. The van der Waals surface area contributed by atoms with E-state index in [4.69, 9.17) is 4.74 Å². The van der Waals surface area contributed by atoms with Gasteiger partial charge in [0.05, 0.1) is 23.2 Å². The molecule has 7 nitrogen and oxygen atoms in total. The van der Waals surface area contributed by atoms with Gasteiger partial charge in [0.2, 0.25) is 5.13 Å². The van der Waals surface area contributed by atoms with Gasteiger partial charge in [-0.1, -0.05) is 22.7 Å². The van der Waals surface area contributed by atoms with E-state index in [1.54, 1.807) is 7.11 Å². The van der Waals surface area contributed by atoms with Crippen molar-refractivity contribution < 1.29 is 4.74 Å². The van der Waals surface area contributed by atoms with Crippen molar-refractivity contribution in [2.75, 3.05) is 25.1 Å². The van der Waals surface area contributed by atoms with E-state index >= 15 is 0 Å². The molecule has 0 amide bonds. The summed E-state index contributed by atoms with van der Waals surface area (Å²) in [6.07, 6.45) is 2.54. The lowest BCUT2D eigenvalue weighted by Crippen LogP contribution is -2.17. The quantitative estimate of drug-likeness (QED) is 0.282. The van der Waals surface area contributed by atoms with E-state index in [9.17, 15) is 0 Å². The summed E-state index contributed by atoms with van der Waals surface area (Å²) >= 11 is 2.99. The molecular formula is C22H20N6OS2. The molecule has 0 unspecified atom stereocenters. The zero-order chi connectivity index (χ0) is 21.0. The summed E-state index contributed by atoms with van der Waals surface area (Å²) < 4.78 is 6.19. The van der Waals surface area contributed by atoms with Crippen LogP contribution >= 0.6 is 22.7 Å². The highest BCUT2D eigenvalue weighted by molar-refractivity contribution is 7.30. The number of benzene rings is 2. The Kier molecular flexibility index (Phi) is 5.68. The number of fused-ring (bicyclic) bond motifs is 1. The Labute approximate surface area is 187 Å². The zero-order valence-electron chi connectivity index (χ0n) is 16.9. The van der Waals surface area contributed by atoms with E-state index in [0.29, 0.717) is 5.13 Å². The maximum atomic E-state index is 5.15. The molecule has 156 valence electrons. The lowest BCUT2D eigenvalue weighted by Gasteiger charge is -2.17. The molecule has 1 aliphatic rings. The summed E-state index contributed by atoms with van der Waals surface area (Å²) in [5, 5.41) is 18.7. The predicted molar refractivity (Wildman–Crippen MR) is 127 cm³/mol. The molecular weight excluding hydrogens is 428 g/mol. The number of ether oxygens (including phenoxy) is 1. The van der Waals surface area contributed by atoms with Gasteiger partial charge in [-0.3, -0.25) is 0 Å². The molecule has 0 radical (unpaired) electrons. The van der Waals surface area contributed by atoms with Crippen LogP contribution in [0.25, 0.3) is 9.53 Å². The molecule has 2 aromatic carbocycles. The minimum atomic E-state index is 0.642. The number of aromatic nitrogens is 1. The smallest absolute Gasteiger partial charge is 0.231 e. The van der Waals surface area contributed by atoms with Crippen molar-refractivity contribution in [3.63, 3.8) is 0 Å². The molecule has 1 aliphatic heterocycles. The van der Waals surface area contributed by atoms with Crippen molar-refractivity contribution in [2.24, 2.45) is 20.5 Å². The third kappa shape index (κ3) is 4.62. The van der Waals surface area contributed by atoms with Crippen LogP contribution in [-0.4, -0.2) is 25.2 Å². The predicted octanol–water partition coefficient (Wildman–Crippen LogP) is 7.80. The van der Waals surface area contributed by atoms with Crippen LogP contribution in [0.1, 0.15) is 12.8 Å². The van der Waals surface area contributed by atoms with Crippen molar-refractivity contribution in [1.29, 1.82) is 0 Å². The second-order valence-electron chi connectivity index (χ2n) is 7.06. The Balaban J connectivity index is 1.25. The number of methoxy groups -OCH3 is 1. The normalized spacial score (nSPS) is 14.4. The Morgan fingerprint density at radius 3 is 2.19 bits per heavy atom.